The third-order valence-corrected chi connectivity index (χ3v) is 6.69. The summed E-state index contributed by atoms with van der Waals surface area (Å²) in [6.07, 6.45) is 1.64. The van der Waals surface area contributed by atoms with Gasteiger partial charge in [-0.05, 0) is 68.9 Å². The van der Waals surface area contributed by atoms with Crippen LogP contribution in [0.2, 0.25) is 5.02 Å². The number of carbonyl (C=O) groups excluding carboxylic acids is 1. The fraction of sp³-hybridized carbons (Fsp3) is 0.458. The summed E-state index contributed by atoms with van der Waals surface area (Å²) < 4.78 is 33.2. The second-order valence-corrected chi connectivity index (χ2v) is 9.28. The first-order valence-electron chi connectivity index (χ1n) is 10.6. The van der Waals surface area contributed by atoms with Crippen LogP contribution in [0.25, 0.3) is 0 Å². The summed E-state index contributed by atoms with van der Waals surface area (Å²) in [7, 11) is 0. The van der Waals surface area contributed by atoms with Gasteiger partial charge in [-0.2, -0.15) is 0 Å². The van der Waals surface area contributed by atoms with E-state index in [2.05, 4.69) is 0 Å². The Morgan fingerprint density at radius 1 is 1.23 bits per heavy atom. The fourth-order valence-electron chi connectivity index (χ4n) is 5.00. The van der Waals surface area contributed by atoms with Crippen LogP contribution >= 0.6 is 11.6 Å². The first-order chi connectivity index (χ1) is 14.6. The van der Waals surface area contributed by atoms with Crippen LogP contribution in [0.5, 0.6) is 5.75 Å². The van der Waals surface area contributed by atoms with E-state index in [0.717, 1.165) is 24.5 Å². The second kappa shape index (κ2) is 8.40. The smallest absolute Gasteiger partial charge is 0.263 e. The predicted octanol–water partition coefficient (Wildman–Crippen LogP) is 4.82. The van der Waals surface area contributed by atoms with Gasteiger partial charge >= 0.3 is 0 Å². The summed E-state index contributed by atoms with van der Waals surface area (Å²) in [4.78, 5) is 15.0. The molecule has 1 N–H and O–H groups in total. The second-order valence-electron chi connectivity index (χ2n) is 8.87. The number of fused-ring (bicyclic) bond motifs is 2. The summed E-state index contributed by atoms with van der Waals surface area (Å²) in [6.45, 7) is 3.63. The van der Waals surface area contributed by atoms with Crippen LogP contribution < -0.4 is 4.74 Å². The lowest BCUT2D eigenvalue weighted by Gasteiger charge is -2.44. The zero-order valence-electron chi connectivity index (χ0n) is 17.6. The molecule has 2 saturated heterocycles. The highest BCUT2D eigenvalue weighted by Crippen LogP contribution is 2.43. The summed E-state index contributed by atoms with van der Waals surface area (Å²) in [5.41, 5.74) is 0.134. The molecule has 2 aromatic rings. The maximum absolute atomic E-state index is 14.1. The van der Waals surface area contributed by atoms with E-state index in [1.807, 2.05) is 17.9 Å². The molecule has 0 aliphatic carbocycles. The molecular weight excluding hydrogens is 424 g/mol. The van der Waals surface area contributed by atoms with Crippen LogP contribution in [-0.2, 0) is 11.2 Å². The minimum atomic E-state index is -1.13. The van der Waals surface area contributed by atoms with Crippen LogP contribution in [0.15, 0.2) is 36.4 Å². The molecule has 2 aliphatic rings. The van der Waals surface area contributed by atoms with Gasteiger partial charge in [0.1, 0.15) is 17.4 Å². The van der Waals surface area contributed by atoms with Gasteiger partial charge in [0.25, 0.3) is 5.91 Å². The Kier molecular flexibility index (Phi) is 5.97. The van der Waals surface area contributed by atoms with Crippen LogP contribution in [0.4, 0.5) is 8.78 Å². The number of hydrogen-bond acceptors (Lipinski definition) is 3. The largest absolute Gasteiger partial charge is 0.479 e. The van der Waals surface area contributed by atoms with E-state index in [4.69, 9.17) is 16.3 Å². The third kappa shape index (κ3) is 4.55. The lowest BCUT2D eigenvalue weighted by molar-refractivity contribution is -0.148. The van der Waals surface area contributed by atoms with Crippen molar-refractivity contribution in [1.82, 2.24) is 4.90 Å². The van der Waals surface area contributed by atoms with Crippen molar-refractivity contribution in [3.8, 4) is 5.75 Å². The number of nitrogens with zero attached hydrogens (tertiary/aromatic N) is 1. The van der Waals surface area contributed by atoms with Crippen LogP contribution in [-0.4, -0.2) is 39.7 Å². The molecule has 4 nitrogen and oxygen atoms in total. The summed E-state index contributed by atoms with van der Waals surface area (Å²) in [6, 6.07) is 8.54. The Labute approximate surface area is 185 Å². The molecule has 2 heterocycles. The van der Waals surface area contributed by atoms with Gasteiger partial charge in [0.15, 0.2) is 6.10 Å². The molecule has 0 radical (unpaired) electrons. The predicted molar refractivity (Wildman–Crippen MR) is 114 cm³/mol. The topological polar surface area (TPSA) is 49.8 Å². The van der Waals surface area contributed by atoms with E-state index < -0.39 is 23.3 Å². The Hall–Kier alpha value is -2.18. The van der Waals surface area contributed by atoms with Crippen molar-refractivity contribution >= 4 is 17.5 Å². The number of aliphatic hydroxyl groups is 1. The molecule has 3 atom stereocenters. The first-order valence-corrected chi connectivity index (χ1v) is 10.9. The molecule has 0 spiro atoms. The number of rotatable bonds is 5. The minimum absolute atomic E-state index is 0.0963. The van der Waals surface area contributed by atoms with Crippen LogP contribution in [0.1, 0.15) is 43.7 Å². The molecule has 2 aromatic carbocycles. The van der Waals surface area contributed by atoms with Crippen molar-refractivity contribution in [1.29, 1.82) is 0 Å². The molecule has 166 valence electrons. The Balaban J connectivity index is 1.46. The van der Waals surface area contributed by atoms with Crippen LogP contribution in [0.3, 0.4) is 0 Å². The normalized spacial score (nSPS) is 26.1. The van der Waals surface area contributed by atoms with E-state index in [1.165, 1.54) is 12.1 Å². The number of hydrogen-bond donors (Lipinski definition) is 1. The number of piperidine rings is 1. The van der Waals surface area contributed by atoms with E-state index in [1.54, 1.807) is 19.1 Å². The molecular formula is C24H26ClF2NO3. The molecule has 0 aromatic heterocycles. The number of aryl methyl sites for hydroxylation is 1. The van der Waals surface area contributed by atoms with Gasteiger partial charge in [0, 0.05) is 24.6 Å². The van der Waals surface area contributed by atoms with Crippen LogP contribution in [0, 0.1) is 18.6 Å². The molecule has 1 amide bonds. The highest BCUT2D eigenvalue weighted by molar-refractivity contribution is 6.32. The zero-order chi connectivity index (χ0) is 22.3. The SMILES string of the molecule is Cc1ccc(Cl)c(OC(C)C(=O)N2C3CCC2CC(O)(Cc2ccc(F)cc2F)C3)c1. The fourth-order valence-corrected chi connectivity index (χ4v) is 5.16. The minimum Gasteiger partial charge on any atom is -0.479 e. The molecule has 2 aliphatic heterocycles. The molecule has 2 fully saturated rings. The first kappa shape index (κ1) is 22.0. The molecule has 31 heavy (non-hydrogen) atoms. The maximum Gasteiger partial charge on any atom is 0.263 e. The quantitative estimate of drug-likeness (QED) is 0.711. The van der Waals surface area contributed by atoms with Gasteiger partial charge in [-0.25, -0.2) is 8.78 Å². The lowest BCUT2D eigenvalue weighted by Crippen LogP contribution is -2.56. The summed E-state index contributed by atoms with van der Waals surface area (Å²) in [5, 5.41) is 11.6. The number of ether oxygens (including phenoxy) is 1. The van der Waals surface area contributed by atoms with Crippen molar-refractivity contribution in [2.24, 2.45) is 0 Å². The third-order valence-electron chi connectivity index (χ3n) is 6.38. The van der Waals surface area contributed by atoms with E-state index in [-0.39, 0.29) is 30.0 Å². The lowest BCUT2D eigenvalue weighted by atomic mass is 9.81. The van der Waals surface area contributed by atoms with Gasteiger partial charge < -0.3 is 14.7 Å². The number of amides is 1. The van der Waals surface area contributed by atoms with Crippen molar-refractivity contribution in [2.75, 3.05) is 0 Å². The Morgan fingerprint density at radius 2 is 1.90 bits per heavy atom. The molecule has 2 bridgehead atoms. The number of benzene rings is 2. The Bertz CT molecular complexity index is 985. The van der Waals surface area contributed by atoms with Crippen molar-refractivity contribution in [2.45, 2.75) is 69.7 Å². The van der Waals surface area contributed by atoms with Gasteiger partial charge in [-0.1, -0.05) is 23.7 Å². The standard InChI is InChI=1S/C24H26ClF2NO3/c1-14-3-8-20(25)22(9-14)31-15(2)23(29)28-18-6-7-19(28)13-24(30,12-18)11-16-4-5-17(26)10-21(16)27/h3-5,8-10,15,18-19,30H,6-7,11-13H2,1-2H3. The average Bonchev–Trinajstić information content (AvgIpc) is 2.98. The van der Waals surface area contributed by atoms with E-state index >= 15 is 0 Å². The van der Waals surface area contributed by atoms with Crippen molar-refractivity contribution < 1.29 is 23.4 Å². The van der Waals surface area contributed by atoms with Gasteiger partial charge in [0.05, 0.1) is 10.6 Å². The number of halogens is 3. The molecule has 4 rings (SSSR count). The van der Waals surface area contributed by atoms with Gasteiger partial charge in [-0.15, -0.1) is 0 Å². The molecule has 3 unspecified atom stereocenters. The monoisotopic (exact) mass is 449 g/mol. The van der Waals surface area contributed by atoms with E-state index in [9.17, 15) is 18.7 Å². The summed E-state index contributed by atoms with van der Waals surface area (Å²) >= 11 is 6.20. The zero-order valence-corrected chi connectivity index (χ0v) is 18.3. The Morgan fingerprint density at radius 3 is 2.55 bits per heavy atom. The van der Waals surface area contributed by atoms with Gasteiger partial charge in [-0.3, -0.25) is 4.79 Å². The van der Waals surface area contributed by atoms with Crippen molar-refractivity contribution in [3.63, 3.8) is 0 Å². The number of carbonyl (C=O) groups is 1. The van der Waals surface area contributed by atoms with E-state index in [0.29, 0.717) is 23.6 Å². The summed E-state index contributed by atoms with van der Waals surface area (Å²) in [5.74, 6) is -0.969. The molecule has 7 heteroatoms. The average molecular weight is 450 g/mol. The molecule has 0 saturated carbocycles. The van der Waals surface area contributed by atoms with Gasteiger partial charge in [0.2, 0.25) is 0 Å². The highest BCUT2D eigenvalue weighted by atomic mass is 35.5. The highest BCUT2D eigenvalue weighted by Gasteiger charge is 2.50. The maximum atomic E-state index is 14.1. The van der Waals surface area contributed by atoms with Crippen molar-refractivity contribution in [3.05, 3.63) is 64.2 Å².